The van der Waals surface area contributed by atoms with Crippen molar-refractivity contribution in [2.24, 2.45) is 0 Å². The Morgan fingerprint density at radius 2 is 1.94 bits per heavy atom. The molecule has 3 nitrogen and oxygen atoms in total. The van der Waals surface area contributed by atoms with Crippen LogP contribution in [0.15, 0.2) is 24.3 Å². The molecular weight excluding hydrogens is 268 g/mol. The molecule has 16 heavy (non-hydrogen) atoms. The molecule has 0 saturated heterocycles. The number of halogens is 1. The highest BCUT2D eigenvalue weighted by Crippen LogP contribution is 2.12. The minimum Gasteiger partial charge on any atom is -0.378 e. The number of nitrogens with one attached hydrogen (secondary N) is 1. The lowest BCUT2D eigenvalue weighted by molar-refractivity contribution is 0.0954. The molecule has 0 bridgehead atoms. The van der Waals surface area contributed by atoms with Crippen molar-refractivity contribution >= 4 is 27.5 Å². The molecule has 0 aliphatic rings. The fraction of sp³-hybridized carbons (Fsp3) is 0.417. The first-order chi connectivity index (χ1) is 7.50. The number of amides is 1. The van der Waals surface area contributed by atoms with E-state index < -0.39 is 0 Å². The van der Waals surface area contributed by atoms with Crippen LogP contribution in [0.1, 0.15) is 17.3 Å². The molecule has 1 aromatic rings. The highest BCUT2D eigenvalue weighted by molar-refractivity contribution is 9.09. The van der Waals surface area contributed by atoms with Gasteiger partial charge in [0.2, 0.25) is 0 Å². The Morgan fingerprint density at radius 3 is 2.38 bits per heavy atom. The first-order valence-electron chi connectivity index (χ1n) is 5.20. The number of alkyl halides is 1. The van der Waals surface area contributed by atoms with Gasteiger partial charge in [0.15, 0.2) is 0 Å². The summed E-state index contributed by atoms with van der Waals surface area (Å²) in [4.78, 5) is 14.0. The molecule has 0 aromatic heterocycles. The van der Waals surface area contributed by atoms with Crippen LogP contribution in [0, 0.1) is 0 Å². The molecule has 1 rings (SSSR count). The maximum absolute atomic E-state index is 11.7. The minimum absolute atomic E-state index is 0.0309. The zero-order valence-electron chi connectivity index (χ0n) is 9.83. The summed E-state index contributed by atoms with van der Waals surface area (Å²) in [5.41, 5.74) is 1.78. The lowest BCUT2D eigenvalue weighted by atomic mass is 10.2. The standard InChI is InChI=1S/C12H17BrN2O/c1-9(13)8-14-12(16)10-4-6-11(7-5-10)15(2)3/h4-7,9H,8H2,1-3H3,(H,14,16). The summed E-state index contributed by atoms with van der Waals surface area (Å²) in [6.45, 7) is 2.63. The fourth-order valence-electron chi connectivity index (χ4n) is 1.25. The maximum atomic E-state index is 11.7. The van der Waals surface area contributed by atoms with Gasteiger partial charge in [0.05, 0.1) is 0 Å². The maximum Gasteiger partial charge on any atom is 0.251 e. The van der Waals surface area contributed by atoms with E-state index >= 15 is 0 Å². The Bertz CT molecular complexity index is 347. The normalized spacial score (nSPS) is 12.0. The highest BCUT2D eigenvalue weighted by atomic mass is 79.9. The van der Waals surface area contributed by atoms with Crippen LogP contribution in [0.25, 0.3) is 0 Å². The van der Waals surface area contributed by atoms with Gasteiger partial charge in [-0.1, -0.05) is 22.9 Å². The third kappa shape index (κ3) is 3.85. The molecule has 1 atom stereocenters. The van der Waals surface area contributed by atoms with Crippen molar-refractivity contribution < 1.29 is 4.79 Å². The third-order valence-electron chi connectivity index (χ3n) is 2.19. The van der Waals surface area contributed by atoms with Crippen LogP contribution in [0.2, 0.25) is 0 Å². The van der Waals surface area contributed by atoms with Crippen molar-refractivity contribution in [2.45, 2.75) is 11.8 Å². The van der Waals surface area contributed by atoms with Crippen molar-refractivity contribution in [1.82, 2.24) is 5.32 Å². The van der Waals surface area contributed by atoms with Crippen LogP contribution in [-0.2, 0) is 0 Å². The van der Waals surface area contributed by atoms with E-state index in [4.69, 9.17) is 0 Å². The van der Waals surface area contributed by atoms with Crippen LogP contribution < -0.4 is 10.2 Å². The predicted molar refractivity (Wildman–Crippen MR) is 71.5 cm³/mol. The molecule has 1 amide bonds. The zero-order chi connectivity index (χ0) is 12.1. The van der Waals surface area contributed by atoms with E-state index in [0.717, 1.165) is 5.69 Å². The van der Waals surface area contributed by atoms with Gasteiger partial charge in [0, 0.05) is 36.7 Å². The van der Waals surface area contributed by atoms with Gasteiger partial charge in [0.25, 0.3) is 5.91 Å². The molecular formula is C12H17BrN2O. The van der Waals surface area contributed by atoms with Crippen molar-refractivity contribution in [3.05, 3.63) is 29.8 Å². The Morgan fingerprint density at radius 1 is 1.38 bits per heavy atom. The molecule has 1 unspecified atom stereocenters. The van der Waals surface area contributed by atoms with Gasteiger partial charge < -0.3 is 10.2 Å². The molecule has 4 heteroatoms. The molecule has 0 aliphatic heterocycles. The van der Waals surface area contributed by atoms with Crippen LogP contribution >= 0.6 is 15.9 Å². The zero-order valence-corrected chi connectivity index (χ0v) is 11.4. The van der Waals surface area contributed by atoms with Crippen LogP contribution in [0.3, 0.4) is 0 Å². The molecule has 0 heterocycles. The number of hydrogen-bond acceptors (Lipinski definition) is 2. The lowest BCUT2D eigenvalue weighted by Crippen LogP contribution is -2.28. The number of hydrogen-bond donors (Lipinski definition) is 1. The number of carbonyl (C=O) groups excluding carboxylic acids is 1. The number of benzene rings is 1. The van der Waals surface area contributed by atoms with Crippen molar-refractivity contribution in [3.63, 3.8) is 0 Å². The van der Waals surface area contributed by atoms with Gasteiger partial charge in [-0.2, -0.15) is 0 Å². The monoisotopic (exact) mass is 284 g/mol. The van der Waals surface area contributed by atoms with Gasteiger partial charge in [-0.25, -0.2) is 0 Å². The first kappa shape index (κ1) is 13.0. The van der Waals surface area contributed by atoms with Gasteiger partial charge in [-0.3, -0.25) is 4.79 Å². The molecule has 0 fully saturated rings. The molecule has 0 radical (unpaired) electrons. The Balaban J connectivity index is 2.63. The summed E-state index contributed by atoms with van der Waals surface area (Å²) >= 11 is 3.38. The second-order valence-corrected chi connectivity index (χ2v) is 5.50. The summed E-state index contributed by atoms with van der Waals surface area (Å²) < 4.78 is 0. The van der Waals surface area contributed by atoms with E-state index in [-0.39, 0.29) is 10.7 Å². The third-order valence-corrected chi connectivity index (χ3v) is 2.51. The Kier molecular flexibility index (Phi) is 4.80. The van der Waals surface area contributed by atoms with E-state index in [2.05, 4.69) is 21.2 Å². The average Bonchev–Trinajstić information content (AvgIpc) is 2.26. The van der Waals surface area contributed by atoms with Gasteiger partial charge in [0.1, 0.15) is 0 Å². The van der Waals surface area contributed by atoms with E-state index in [0.29, 0.717) is 12.1 Å². The second kappa shape index (κ2) is 5.89. The van der Waals surface area contributed by atoms with Crippen LogP contribution in [0.5, 0.6) is 0 Å². The van der Waals surface area contributed by atoms with Gasteiger partial charge >= 0.3 is 0 Å². The predicted octanol–water partition coefficient (Wildman–Crippen LogP) is 2.27. The molecule has 0 spiro atoms. The van der Waals surface area contributed by atoms with Crippen molar-refractivity contribution in [1.29, 1.82) is 0 Å². The number of anilines is 1. The largest absolute Gasteiger partial charge is 0.378 e. The van der Waals surface area contributed by atoms with Gasteiger partial charge in [-0.05, 0) is 24.3 Å². The van der Waals surface area contributed by atoms with Gasteiger partial charge in [-0.15, -0.1) is 0 Å². The van der Waals surface area contributed by atoms with E-state index in [1.165, 1.54) is 0 Å². The Hall–Kier alpha value is -1.03. The summed E-state index contributed by atoms with van der Waals surface area (Å²) in [6.07, 6.45) is 0. The topological polar surface area (TPSA) is 32.3 Å². The summed E-state index contributed by atoms with van der Waals surface area (Å²) in [5, 5.41) is 2.85. The van der Waals surface area contributed by atoms with E-state index in [1.807, 2.05) is 50.2 Å². The molecule has 0 saturated carbocycles. The summed E-state index contributed by atoms with van der Waals surface area (Å²) in [7, 11) is 3.95. The number of carbonyl (C=O) groups is 1. The molecule has 0 aliphatic carbocycles. The first-order valence-corrected chi connectivity index (χ1v) is 6.12. The smallest absolute Gasteiger partial charge is 0.251 e. The second-order valence-electron chi connectivity index (χ2n) is 3.93. The molecule has 88 valence electrons. The summed E-state index contributed by atoms with van der Waals surface area (Å²) in [5.74, 6) is -0.0309. The van der Waals surface area contributed by atoms with E-state index in [1.54, 1.807) is 0 Å². The average molecular weight is 285 g/mol. The summed E-state index contributed by atoms with van der Waals surface area (Å²) in [6, 6.07) is 7.55. The highest BCUT2D eigenvalue weighted by Gasteiger charge is 2.06. The van der Waals surface area contributed by atoms with E-state index in [9.17, 15) is 4.79 Å². The fourth-order valence-corrected chi connectivity index (χ4v) is 1.41. The lowest BCUT2D eigenvalue weighted by Gasteiger charge is -2.12. The van der Waals surface area contributed by atoms with Crippen LogP contribution in [0.4, 0.5) is 5.69 Å². The van der Waals surface area contributed by atoms with Crippen molar-refractivity contribution in [2.75, 3.05) is 25.5 Å². The van der Waals surface area contributed by atoms with Crippen LogP contribution in [-0.4, -0.2) is 31.4 Å². The SMILES string of the molecule is CC(Br)CNC(=O)c1ccc(N(C)C)cc1. The number of rotatable bonds is 4. The molecule has 1 N–H and O–H groups in total. The minimum atomic E-state index is -0.0309. The molecule has 1 aromatic carbocycles. The quantitative estimate of drug-likeness (QED) is 0.861. The number of nitrogens with zero attached hydrogens (tertiary/aromatic N) is 1. The Labute approximate surface area is 105 Å². The van der Waals surface area contributed by atoms with Crippen molar-refractivity contribution in [3.8, 4) is 0 Å².